The second-order valence-corrected chi connectivity index (χ2v) is 9.41. The Morgan fingerprint density at radius 2 is 1.94 bits per heavy atom. The van der Waals surface area contributed by atoms with E-state index in [0.717, 1.165) is 32.1 Å². The lowest BCUT2D eigenvalue weighted by Crippen LogP contribution is -2.48. The second-order valence-electron chi connectivity index (χ2n) is 9.05. The van der Waals surface area contributed by atoms with Gasteiger partial charge in [0.25, 0.3) is 11.8 Å². The number of unbranched alkanes of at least 4 members (excludes halogenated alkanes) is 1. The van der Waals surface area contributed by atoms with Gasteiger partial charge in [-0.05, 0) is 56.7 Å². The van der Waals surface area contributed by atoms with Gasteiger partial charge < -0.3 is 19.6 Å². The number of piperidine rings is 1. The van der Waals surface area contributed by atoms with Crippen molar-refractivity contribution in [3.8, 4) is 5.88 Å². The molecule has 184 valence electrons. The van der Waals surface area contributed by atoms with Crippen LogP contribution in [0.25, 0.3) is 0 Å². The summed E-state index contributed by atoms with van der Waals surface area (Å²) in [4.78, 5) is 36.4. The van der Waals surface area contributed by atoms with Gasteiger partial charge in [0.1, 0.15) is 5.15 Å². The minimum absolute atomic E-state index is 0.138. The van der Waals surface area contributed by atoms with Gasteiger partial charge in [0.05, 0.1) is 17.9 Å². The van der Waals surface area contributed by atoms with Crippen molar-refractivity contribution in [3.05, 3.63) is 52.9 Å². The number of nitrogens with zero attached hydrogens (tertiary/aromatic N) is 4. The van der Waals surface area contributed by atoms with Crippen molar-refractivity contribution in [2.45, 2.75) is 44.6 Å². The highest BCUT2D eigenvalue weighted by Crippen LogP contribution is 2.27. The molecule has 2 amide bonds. The number of aliphatic hydroxyl groups is 1. The molecule has 1 unspecified atom stereocenters. The van der Waals surface area contributed by atoms with Crippen molar-refractivity contribution in [3.63, 3.8) is 0 Å². The molecule has 0 saturated carbocycles. The lowest BCUT2D eigenvalue weighted by molar-refractivity contribution is -0.152. The molecule has 2 aromatic rings. The molecular formula is C25H33ClN4O4. The molecule has 3 rings (SSSR count). The summed E-state index contributed by atoms with van der Waals surface area (Å²) in [5, 5.41) is 10.9. The van der Waals surface area contributed by atoms with Crippen LogP contribution in [-0.2, 0) is 10.4 Å². The van der Waals surface area contributed by atoms with E-state index in [1.807, 2.05) is 0 Å². The number of pyridine rings is 2. The van der Waals surface area contributed by atoms with Gasteiger partial charge in [-0.1, -0.05) is 24.1 Å². The highest BCUT2D eigenvalue weighted by atomic mass is 35.5. The Hall–Kier alpha value is -2.71. The van der Waals surface area contributed by atoms with Gasteiger partial charge in [0.15, 0.2) is 5.60 Å². The fourth-order valence-corrected chi connectivity index (χ4v) is 4.33. The average Bonchev–Trinajstić information content (AvgIpc) is 2.84. The highest BCUT2D eigenvalue weighted by molar-refractivity contribution is 6.32. The molecule has 0 aliphatic carbocycles. The van der Waals surface area contributed by atoms with Crippen molar-refractivity contribution in [1.82, 2.24) is 19.8 Å². The molecule has 1 aliphatic rings. The van der Waals surface area contributed by atoms with Crippen molar-refractivity contribution in [2.75, 3.05) is 33.8 Å². The predicted molar refractivity (Wildman–Crippen MR) is 130 cm³/mol. The summed E-state index contributed by atoms with van der Waals surface area (Å²) in [5.41, 5.74) is -0.887. The van der Waals surface area contributed by atoms with Crippen LogP contribution in [0.5, 0.6) is 5.88 Å². The van der Waals surface area contributed by atoms with Crippen LogP contribution in [0.4, 0.5) is 0 Å². The van der Waals surface area contributed by atoms with Gasteiger partial charge in [-0.25, -0.2) is 4.98 Å². The summed E-state index contributed by atoms with van der Waals surface area (Å²) >= 11 is 6.12. The number of rotatable bonds is 9. The number of hydrogen-bond acceptors (Lipinski definition) is 6. The first-order chi connectivity index (χ1) is 16.2. The topological polar surface area (TPSA) is 95.9 Å². The molecule has 0 aromatic carbocycles. The second kappa shape index (κ2) is 11.6. The zero-order valence-electron chi connectivity index (χ0n) is 20.0. The van der Waals surface area contributed by atoms with E-state index in [-0.39, 0.29) is 17.0 Å². The SMILES string of the molecule is CN(C)C(=O)c1ccc(OCCCCC2CCN(C(=O)C(C)(O)c3ccccn3)CC2)nc1Cl. The Labute approximate surface area is 205 Å². The number of likely N-dealkylation sites (tertiary alicyclic amines) is 1. The molecule has 0 spiro atoms. The van der Waals surface area contributed by atoms with Gasteiger partial charge in [0, 0.05) is 39.4 Å². The summed E-state index contributed by atoms with van der Waals surface area (Å²) < 4.78 is 5.69. The van der Waals surface area contributed by atoms with Gasteiger partial charge in [-0.15, -0.1) is 0 Å². The van der Waals surface area contributed by atoms with E-state index in [4.69, 9.17) is 16.3 Å². The van der Waals surface area contributed by atoms with Crippen LogP contribution >= 0.6 is 11.6 Å². The molecule has 0 bridgehead atoms. The number of carbonyl (C=O) groups excluding carboxylic acids is 2. The number of ether oxygens (including phenoxy) is 1. The maximum atomic E-state index is 12.9. The average molecular weight is 489 g/mol. The third kappa shape index (κ3) is 6.45. The molecule has 0 radical (unpaired) electrons. The summed E-state index contributed by atoms with van der Waals surface area (Å²) in [7, 11) is 3.33. The molecule has 1 N–H and O–H groups in total. The van der Waals surface area contributed by atoms with Crippen LogP contribution in [-0.4, -0.2) is 70.5 Å². The zero-order valence-corrected chi connectivity index (χ0v) is 20.8. The Bertz CT molecular complexity index is 976. The van der Waals surface area contributed by atoms with E-state index in [9.17, 15) is 14.7 Å². The molecular weight excluding hydrogens is 456 g/mol. The van der Waals surface area contributed by atoms with E-state index < -0.39 is 5.60 Å². The van der Waals surface area contributed by atoms with Crippen LogP contribution in [0, 0.1) is 5.92 Å². The number of carbonyl (C=O) groups is 2. The summed E-state index contributed by atoms with van der Waals surface area (Å²) in [6, 6.07) is 8.50. The third-order valence-corrected chi connectivity index (χ3v) is 6.49. The summed E-state index contributed by atoms with van der Waals surface area (Å²) in [6.45, 7) is 3.32. The van der Waals surface area contributed by atoms with E-state index in [0.29, 0.717) is 42.8 Å². The van der Waals surface area contributed by atoms with Gasteiger partial charge in [-0.3, -0.25) is 14.6 Å². The Morgan fingerprint density at radius 1 is 1.21 bits per heavy atom. The summed E-state index contributed by atoms with van der Waals surface area (Å²) in [5.74, 6) is 0.472. The first kappa shape index (κ1) is 25.9. The van der Waals surface area contributed by atoms with Crippen LogP contribution in [0.3, 0.4) is 0 Å². The van der Waals surface area contributed by atoms with Crippen molar-refractivity contribution in [2.24, 2.45) is 5.92 Å². The number of halogens is 1. The molecule has 1 saturated heterocycles. The molecule has 9 heteroatoms. The zero-order chi connectivity index (χ0) is 24.7. The standard InChI is InChI=1S/C25H33ClN4O4/c1-25(33,20-9-4-6-14-27-20)24(32)30-15-12-18(13-16-30)8-5-7-17-34-21-11-10-19(22(26)28-21)23(31)29(2)3/h4,6,9-11,14,18,33H,5,7-8,12-13,15-17H2,1-3H3. The fourth-order valence-electron chi connectivity index (χ4n) is 4.10. The van der Waals surface area contributed by atoms with Crippen molar-refractivity contribution >= 4 is 23.4 Å². The minimum Gasteiger partial charge on any atom is -0.478 e. The largest absolute Gasteiger partial charge is 0.478 e. The Morgan fingerprint density at radius 3 is 2.56 bits per heavy atom. The maximum Gasteiger partial charge on any atom is 0.260 e. The van der Waals surface area contributed by atoms with Gasteiger partial charge in [0.2, 0.25) is 5.88 Å². The van der Waals surface area contributed by atoms with Crippen molar-refractivity contribution in [1.29, 1.82) is 0 Å². The monoisotopic (exact) mass is 488 g/mol. The van der Waals surface area contributed by atoms with Gasteiger partial charge >= 0.3 is 0 Å². The van der Waals surface area contributed by atoms with Crippen LogP contribution in [0.15, 0.2) is 36.5 Å². The van der Waals surface area contributed by atoms with E-state index in [1.165, 1.54) is 11.8 Å². The van der Waals surface area contributed by atoms with Gasteiger partial charge in [-0.2, -0.15) is 0 Å². The number of hydrogen-bond donors (Lipinski definition) is 1. The lowest BCUT2D eigenvalue weighted by Gasteiger charge is -2.36. The molecule has 1 aliphatic heterocycles. The highest BCUT2D eigenvalue weighted by Gasteiger charge is 2.38. The minimum atomic E-state index is -1.61. The first-order valence-corrected chi connectivity index (χ1v) is 12.0. The smallest absolute Gasteiger partial charge is 0.260 e. The third-order valence-electron chi connectivity index (χ3n) is 6.20. The Kier molecular flexibility index (Phi) is 8.85. The normalized spacial score (nSPS) is 16.1. The molecule has 1 atom stereocenters. The van der Waals surface area contributed by atoms with Crippen molar-refractivity contribution < 1.29 is 19.4 Å². The van der Waals surface area contributed by atoms with E-state index in [2.05, 4.69) is 9.97 Å². The summed E-state index contributed by atoms with van der Waals surface area (Å²) in [6.07, 6.45) is 6.37. The molecule has 34 heavy (non-hydrogen) atoms. The lowest BCUT2D eigenvalue weighted by atomic mass is 9.90. The quantitative estimate of drug-likeness (QED) is 0.428. The fraction of sp³-hybridized carbons (Fsp3) is 0.520. The van der Waals surface area contributed by atoms with E-state index >= 15 is 0 Å². The molecule has 1 fully saturated rings. The van der Waals surface area contributed by atoms with Crippen LogP contribution in [0.1, 0.15) is 55.1 Å². The number of aromatic nitrogens is 2. The molecule has 3 heterocycles. The molecule has 8 nitrogen and oxygen atoms in total. The number of amides is 2. The van der Waals surface area contributed by atoms with Crippen LogP contribution in [0.2, 0.25) is 5.15 Å². The van der Waals surface area contributed by atoms with Crippen LogP contribution < -0.4 is 4.74 Å². The maximum absolute atomic E-state index is 12.9. The molecule has 2 aromatic heterocycles. The van der Waals surface area contributed by atoms with E-state index in [1.54, 1.807) is 55.5 Å². The first-order valence-electron chi connectivity index (χ1n) is 11.6. The predicted octanol–water partition coefficient (Wildman–Crippen LogP) is 3.53. The Balaban J connectivity index is 1.36.